The molecule has 0 saturated heterocycles. The Kier molecular flexibility index (Phi) is 4.30. The number of ketones is 1. The molecule has 2 heterocycles. The van der Waals surface area contributed by atoms with Gasteiger partial charge in [0.2, 0.25) is 5.78 Å². The summed E-state index contributed by atoms with van der Waals surface area (Å²) in [7, 11) is 0. The predicted octanol–water partition coefficient (Wildman–Crippen LogP) is 5.84. The lowest BCUT2D eigenvalue weighted by Gasteiger charge is -2.06. The van der Waals surface area contributed by atoms with Gasteiger partial charge in [-0.15, -0.1) is 11.3 Å². The molecule has 4 nitrogen and oxygen atoms in total. The number of para-hydroxylation sites is 2. The minimum atomic E-state index is -0.0858. The van der Waals surface area contributed by atoms with Crippen LogP contribution in [0.1, 0.15) is 21.2 Å². The maximum atomic E-state index is 12.5. The second kappa shape index (κ2) is 7.11. The third-order valence-electron chi connectivity index (χ3n) is 4.79. The summed E-state index contributed by atoms with van der Waals surface area (Å²) < 4.78 is 3.15. The molecule has 0 N–H and O–H groups in total. The van der Waals surface area contributed by atoms with E-state index in [9.17, 15) is 4.79 Å². The van der Waals surface area contributed by atoms with Crippen LogP contribution in [0.5, 0.6) is 0 Å². The van der Waals surface area contributed by atoms with Gasteiger partial charge in [0.25, 0.3) is 0 Å². The molecular weight excluding hydrogens is 378 g/mol. The molecular formula is C24H17N3OS. The molecule has 0 saturated carbocycles. The van der Waals surface area contributed by atoms with Gasteiger partial charge in [-0.3, -0.25) is 9.36 Å². The molecule has 140 valence electrons. The molecule has 0 spiro atoms. The summed E-state index contributed by atoms with van der Waals surface area (Å²) in [5.74, 6) is 0.843. The normalized spacial score (nSPS) is 11.6. The molecule has 2 aromatic heterocycles. The highest BCUT2D eigenvalue weighted by atomic mass is 32.1. The van der Waals surface area contributed by atoms with Crippen molar-refractivity contribution in [1.29, 1.82) is 0 Å². The molecule has 0 amide bonds. The Morgan fingerprint density at radius 3 is 2.55 bits per heavy atom. The summed E-state index contributed by atoms with van der Waals surface area (Å²) in [6, 6.07) is 24.0. The van der Waals surface area contributed by atoms with Gasteiger partial charge >= 0.3 is 0 Å². The lowest BCUT2D eigenvalue weighted by atomic mass is 10.1. The Morgan fingerprint density at radius 1 is 0.931 bits per heavy atom. The number of benzene rings is 3. The summed E-state index contributed by atoms with van der Waals surface area (Å²) >= 11 is 1.42. The Morgan fingerprint density at radius 2 is 1.72 bits per heavy atom. The maximum Gasteiger partial charge on any atom is 0.214 e. The van der Waals surface area contributed by atoms with Crippen LogP contribution in [0.2, 0.25) is 0 Å². The van der Waals surface area contributed by atoms with Crippen molar-refractivity contribution in [3.63, 3.8) is 0 Å². The van der Waals surface area contributed by atoms with Crippen LogP contribution in [0.25, 0.3) is 33.0 Å². The highest BCUT2D eigenvalue weighted by molar-refractivity contribution is 7.20. The number of nitrogens with zero attached hydrogens (tertiary/aromatic N) is 3. The van der Waals surface area contributed by atoms with Crippen molar-refractivity contribution >= 4 is 44.4 Å². The van der Waals surface area contributed by atoms with Crippen molar-refractivity contribution in [2.24, 2.45) is 0 Å². The van der Waals surface area contributed by atoms with Crippen LogP contribution in [0.4, 0.5) is 0 Å². The molecule has 5 rings (SSSR count). The number of fused-ring (bicyclic) bond motifs is 2. The Bertz CT molecular complexity index is 1350. The average molecular weight is 395 g/mol. The Labute approximate surface area is 171 Å². The van der Waals surface area contributed by atoms with Crippen LogP contribution in [0, 0.1) is 6.92 Å². The largest absolute Gasteiger partial charge is 0.297 e. The highest BCUT2D eigenvalue weighted by Crippen LogP contribution is 2.24. The van der Waals surface area contributed by atoms with Gasteiger partial charge in [-0.05, 0) is 55.0 Å². The van der Waals surface area contributed by atoms with Crippen molar-refractivity contribution in [2.45, 2.75) is 6.92 Å². The third-order valence-corrected chi connectivity index (χ3v) is 5.84. The smallest absolute Gasteiger partial charge is 0.214 e. The monoisotopic (exact) mass is 395 g/mol. The first-order valence-corrected chi connectivity index (χ1v) is 10.1. The number of rotatable bonds is 4. The highest BCUT2D eigenvalue weighted by Gasteiger charge is 2.11. The number of carbonyl (C=O) groups excluding carboxylic acids is 1. The van der Waals surface area contributed by atoms with Crippen LogP contribution < -0.4 is 0 Å². The first-order valence-electron chi connectivity index (χ1n) is 9.31. The second-order valence-electron chi connectivity index (χ2n) is 6.76. The van der Waals surface area contributed by atoms with Crippen molar-refractivity contribution in [1.82, 2.24) is 14.5 Å². The van der Waals surface area contributed by atoms with E-state index >= 15 is 0 Å². The van der Waals surface area contributed by atoms with E-state index in [0.29, 0.717) is 5.01 Å². The number of thiazole rings is 1. The van der Waals surface area contributed by atoms with Crippen LogP contribution in [-0.2, 0) is 0 Å². The zero-order valence-corrected chi connectivity index (χ0v) is 16.6. The number of imidazole rings is 1. The number of hydrogen-bond donors (Lipinski definition) is 0. The fraction of sp³-hybridized carbons (Fsp3) is 0.0417. The van der Waals surface area contributed by atoms with Gasteiger partial charge in [0.1, 0.15) is 5.82 Å². The standard InChI is InChI=1S/C24H17N3OS/c1-16-25-20-15-17(11-13-21(20)27(16)18-7-3-2-4-8-18)12-14-22(28)24-26-19-9-5-6-10-23(19)29-24/h2-15H,1H3/b14-12+. The summed E-state index contributed by atoms with van der Waals surface area (Å²) in [6.07, 6.45) is 3.41. The molecule has 0 aliphatic rings. The number of aryl methyl sites for hydroxylation is 1. The molecule has 0 aliphatic carbocycles. The zero-order valence-electron chi connectivity index (χ0n) is 15.7. The number of hydrogen-bond acceptors (Lipinski definition) is 4. The van der Waals surface area contributed by atoms with Crippen molar-refractivity contribution in [3.8, 4) is 5.69 Å². The van der Waals surface area contributed by atoms with E-state index in [1.807, 2.05) is 73.7 Å². The molecule has 5 heteroatoms. The molecule has 0 atom stereocenters. The molecule has 3 aromatic carbocycles. The fourth-order valence-corrected chi connectivity index (χ4v) is 4.33. The predicted molar refractivity (Wildman–Crippen MR) is 119 cm³/mol. The molecule has 0 radical (unpaired) electrons. The molecule has 5 aromatic rings. The minimum absolute atomic E-state index is 0.0858. The maximum absolute atomic E-state index is 12.5. The van der Waals surface area contributed by atoms with E-state index in [4.69, 9.17) is 4.98 Å². The minimum Gasteiger partial charge on any atom is -0.297 e. The van der Waals surface area contributed by atoms with Gasteiger partial charge in [0.05, 0.1) is 21.3 Å². The summed E-state index contributed by atoms with van der Waals surface area (Å²) in [6.45, 7) is 2.00. The van der Waals surface area contributed by atoms with Gasteiger partial charge < -0.3 is 0 Å². The SMILES string of the molecule is Cc1nc2cc(/C=C/C(=O)c3nc4ccccc4s3)ccc2n1-c1ccccc1. The van der Waals surface area contributed by atoms with Crippen LogP contribution in [-0.4, -0.2) is 20.3 Å². The van der Waals surface area contributed by atoms with Crippen molar-refractivity contribution in [2.75, 3.05) is 0 Å². The van der Waals surface area contributed by atoms with Crippen LogP contribution in [0.3, 0.4) is 0 Å². The first-order chi connectivity index (χ1) is 14.2. The molecule has 0 fully saturated rings. The van der Waals surface area contributed by atoms with E-state index in [0.717, 1.165) is 38.3 Å². The summed E-state index contributed by atoms with van der Waals surface area (Å²) in [5.41, 5.74) is 4.83. The van der Waals surface area contributed by atoms with Gasteiger partial charge in [0, 0.05) is 5.69 Å². The van der Waals surface area contributed by atoms with E-state index in [1.165, 1.54) is 11.3 Å². The van der Waals surface area contributed by atoms with Gasteiger partial charge in [0.15, 0.2) is 5.01 Å². The van der Waals surface area contributed by atoms with Crippen molar-refractivity contribution < 1.29 is 4.79 Å². The summed E-state index contributed by atoms with van der Waals surface area (Å²) in [4.78, 5) is 21.7. The lowest BCUT2D eigenvalue weighted by Crippen LogP contribution is -1.96. The molecule has 0 aliphatic heterocycles. The number of allylic oxidation sites excluding steroid dienone is 1. The van der Waals surface area contributed by atoms with Gasteiger partial charge in [-0.1, -0.05) is 42.5 Å². The zero-order chi connectivity index (χ0) is 19.8. The van der Waals surface area contributed by atoms with E-state index in [-0.39, 0.29) is 5.78 Å². The van der Waals surface area contributed by atoms with Crippen LogP contribution >= 0.6 is 11.3 Å². The van der Waals surface area contributed by atoms with E-state index in [2.05, 4.69) is 21.7 Å². The quantitative estimate of drug-likeness (QED) is 0.284. The van der Waals surface area contributed by atoms with Crippen molar-refractivity contribution in [3.05, 3.63) is 95.3 Å². The number of carbonyl (C=O) groups is 1. The Balaban J connectivity index is 1.45. The third kappa shape index (κ3) is 3.26. The van der Waals surface area contributed by atoms with Gasteiger partial charge in [-0.25, -0.2) is 9.97 Å². The van der Waals surface area contributed by atoms with E-state index in [1.54, 1.807) is 6.08 Å². The summed E-state index contributed by atoms with van der Waals surface area (Å²) in [5, 5.41) is 0.507. The molecule has 29 heavy (non-hydrogen) atoms. The Hall–Kier alpha value is -3.57. The first kappa shape index (κ1) is 17.5. The molecule has 0 unspecified atom stereocenters. The topological polar surface area (TPSA) is 47.8 Å². The van der Waals surface area contributed by atoms with Crippen LogP contribution in [0.15, 0.2) is 78.9 Å². The second-order valence-corrected chi connectivity index (χ2v) is 7.79. The average Bonchev–Trinajstić information content (AvgIpc) is 3.32. The number of aromatic nitrogens is 3. The molecule has 0 bridgehead atoms. The van der Waals surface area contributed by atoms with Gasteiger partial charge in [-0.2, -0.15) is 0 Å². The lowest BCUT2D eigenvalue weighted by molar-refractivity contribution is 0.104. The fourth-order valence-electron chi connectivity index (χ4n) is 3.45. The van der Waals surface area contributed by atoms with E-state index < -0.39 is 0 Å².